The number of rotatable bonds is 8. The largest absolute Gasteiger partial charge is 0.355 e. The number of hydrogen-bond donors (Lipinski definition) is 2. The predicted octanol–water partition coefficient (Wildman–Crippen LogP) is 2.15. The normalized spacial score (nSPS) is 11.3. The Morgan fingerprint density at radius 3 is 2.68 bits per heavy atom. The van der Waals surface area contributed by atoms with Crippen LogP contribution in [-0.2, 0) is 17.9 Å². The zero-order valence-electron chi connectivity index (χ0n) is 12.6. The highest BCUT2D eigenvalue weighted by molar-refractivity contribution is 5.75. The van der Waals surface area contributed by atoms with Crippen LogP contribution in [-0.4, -0.2) is 23.1 Å². The Labute approximate surface area is 116 Å². The van der Waals surface area contributed by atoms with Crippen molar-refractivity contribution >= 4 is 5.91 Å². The molecule has 2 N–H and O–H groups in total. The molecule has 0 fully saturated rings. The van der Waals surface area contributed by atoms with Gasteiger partial charge in [-0.1, -0.05) is 27.7 Å². The summed E-state index contributed by atoms with van der Waals surface area (Å²) in [7, 11) is 0. The molecule has 0 unspecified atom stereocenters. The number of nitrogens with zero attached hydrogens (tertiary/aromatic N) is 1. The lowest BCUT2D eigenvalue weighted by Gasteiger charge is -2.12. The summed E-state index contributed by atoms with van der Waals surface area (Å²) >= 11 is 0. The first-order chi connectivity index (χ1) is 8.99. The summed E-state index contributed by atoms with van der Waals surface area (Å²) in [6.45, 7) is 10.5. The van der Waals surface area contributed by atoms with Crippen LogP contribution in [0.5, 0.6) is 0 Å². The average molecular weight is 265 g/mol. The topological polar surface area (TPSA) is 46.1 Å². The molecule has 1 amide bonds. The van der Waals surface area contributed by atoms with Crippen LogP contribution in [0.15, 0.2) is 18.3 Å². The van der Waals surface area contributed by atoms with Gasteiger partial charge in [-0.15, -0.1) is 0 Å². The minimum Gasteiger partial charge on any atom is -0.355 e. The molecule has 108 valence electrons. The van der Waals surface area contributed by atoms with Crippen LogP contribution in [0, 0.1) is 5.92 Å². The van der Waals surface area contributed by atoms with E-state index in [0.717, 1.165) is 25.2 Å². The molecule has 0 saturated carbocycles. The van der Waals surface area contributed by atoms with Crippen molar-refractivity contribution in [3.63, 3.8) is 0 Å². The minimum atomic E-state index is 0.0858. The molecular weight excluding hydrogens is 238 g/mol. The van der Waals surface area contributed by atoms with Crippen molar-refractivity contribution in [2.45, 2.75) is 53.2 Å². The van der Waals surface area contributed by atoms with E-state index in [1.54, 1.807) is 0 Å². The van der Waals surface area contributed by atoms with E-state index in [9.17, 15) is 4.79 Å². The van der Waals surface area contributed by atoms with Crippen LogP contribution in [0.2, 0.25) is 0 Å². The fraction of sp³-hybridized carbons (Fsp3) is 0.667. The molecule has 0 aliphatic carbocycles. The second kappa shape index (κ2) is 8.00. The van der Waals surface area contributed by atoms with E-state index in [4.69, 9.17) is 0 Å². The Morgan fingerprint density at radius 2 is 2.05 bits per heavy atom. The van der Waals surface area contributed by atoms with Crippen LogP contribution in [0.25, 0.3) is 0 Å². The van der Waals surface area contributed by atoms with Gasteiger partial charge in [-0.2, -0.15) is 0 Å². The molecule has 1 aromatic heterocycles. The second-order valence-corrected chi connectivity index (χ2v) is 5.70. The quantitative estimate of drug-likeness (QED) is 0.756. The number of carbonyl (C=O) groups is 1. The third kappa shape index (κ3) is 6.43. The van der Waals surface area contributed by atoms with Crippen LogP contribution in [0.4, 0.5) is 0 Å². The first-order valence-corrected chi connectivity index (χ1v) is 7.13. The summed E-state index contributed by atoms with van der Waals surface area (Å²) in [5.41, 5.74) is 1.15. The van der Waals surface area contributed by atoms with Crippen molar-refractivity contribution in [1.29, 1.82) is 0 Å². The SMILES string of the molecule is CC(C)CCNC(=O)Cn1cccc1CNC(C)C. The lowest BCUT2D eigenvalue weighted by Crippen LogP contribution is -2.30. The Balaban J connectivity index is 2.39. The summed E-state index contributed by atoms with van der Waals surface area (Å²) < 4.78 is 2.00. The van der Waals surface area contributed by atoms with Crippen LogP contribution in [0.1, 0.15) is 39.8 Å². The second-order valence-electron chi connectivity index (χ2n) is 5.70. The van der Waals surface area contributed by atoms with Gasteiger partial charge in [0.05, 0.1) is 0 Å². The van der Waals surface area contributed by atoms with E-state index in [1.807, 2.05) is 16.8 Å². The molecule has 1 rings (SSSR count). The molecule has 0 bridgehead atoms. The average Bonchev–Trinajstić information content (AvgIpc) is 2.73. The van der Waals surface area contributed by atoms with Crippen LogP contribution < -0.4 is 10.6 Å². The molecule has 0 radical (unpaired) electrons. The number of aromatic nitrogens is 1. The zero-order valence-corrected chi connectivity index (χ0v) is 12.6. The lowest BCUT2D eigenvalue weighted by atomic mass is 10.1. The maximum atomic E-state index is 11.8. The molecule has 0 atom stereocenters. The molecule has 1 heterocycles. The summed E-state index contributed by atoms with van der Waals surface area (Å²) in [4.78, 5) is 11.8. The third-order valence-electron chi connectivity index (χ3n) is 2.97. The van der Waals surface area contributed by atoms with Crippen LogP contribution >= 0.6 is 0 Å². The van der Waals surface area contributed by atoms with Crippen molar-refractivity contribution in [1.82, 2.24) is 15.2 Å². The van der Waals surface area contributed by atoms with Gasteiger partial charge < -0.3 is 15.2 Å². The van der Waals surface area contributed by atoms with Crippen molar-refractivity contribution in [2.75, 3.05) is 6.54 Å². The van der Waals surface area contributed by atoms with Gasteiger partial charge in [0.15, 0.2) is 0 Å². The summed E-state index contributed by atoms with van der Waals surface area (Å²) in [6.07, 6.45) is 2.98. The molecule has 1 aromatic rings. The highest BCUT2D eigenvalue weighted by atomic mass is 16.1. The number of carbonyl (C=O) groups excluding carboxylic acids is 1. The molecule has 0 aromatic carbocycles. The van der Waals surface area contributed by atoms with Crippen LogP contribution in [0.3, 0.4) is 0 Å². The van der Waals surface area contributed by atoms with E-state index in [0.29, 0.717) is 18.5 Å². The van der Waals surface area contributed by atoms with Gasteiger partial charge in [0, 0.05) is 31.0 Å². The Kier molecular flexibility index (Phi) is 6.64. The smallest absolute Gasteiger partial charge is 0.239 e. The van der Waals surface area contributed by atoms with E-state index >= 15 is 0 Å². The Hall–Kier alpha value is -1.29. The van der Waals surface area contributed by atoms with Gasteiger partial charge in [0.1, 0.15) is 6.54 Å². The zero-order chi connectivity index (χ0) is 14.3. The Bertz CT molecular complexity index is 382. The van der Waals surface area contributed by atoms with Crippen molar-refractivity contribution < 1.29 is 4.79 Å². The minimum absolute atomic E-state index is 0.0858. The van der Waals surface area contributed by atoms with E-state index < -0.39 is 0 Å². The van der Waals surface area contributed by atoms with E-state index in [1.165, 1.54) is 0 Å². The molecule has 0 spiro atoms. The number of hydrogen-bond acceptors (Lipinski definition) is 2. The molecular formula is C15H27N3O. The molecule has 4 nitrogen and oxygen atoms in total. The van der Waals surface area contributed by atoms with Gasteiger partial charge in [0.2, 0.25) is 5.91 Å². The number of amides is 1. The van der Waals surface area contributed by atoms with Gasteiger partial charge in [-0.05, 0) is 24.5 Å². The molecule has 0 aliphatic rings. The van der Waals surface area contributed by atoms with Gasteiger partial charge in [0.25, 0.3) is 0 Å². The highest BCUT2D eigenvalue weighted by Crippen LogP contribution is 2.03. The third-order valence-corrected chi connectivity index (χ3v) is 2.97. The van der Waals surface area contributed by atoms with Crippen molar-refractivity contribution in [2.24, 2.45) is 5.92 Å². The monoisotopic (exact) mass is 265 g/mol. The first-order valence-electron chi connectivity index (χ1n) is 7.13. The molecule has 0 saturated heterocycles. The van der Waals surface area contributed by atoms with Crippen molar-refractivity contribution in [3.05, 3.63) is 24.0 Å². The molecule has 0 aliphatic heterocycles. The predicted molar refractivity (Wildman–Crippen MR) is 78.9 cm³/mol. The lowest BCUT2D eigenvalue weighted by molar-refractivity contribution is -0.121. The fourth-order valence-electron chi connectivity index (χ4n) is 1.78. The van der Waals surface area contributed by atoms with Gasteiger partial charge in [-0.25, -0.2) is 0 Å². The fourth-order valence-corrected chi connectivity index (χ4v) is 1.78. The molecule has 19 heavy (non-hydrogen) atoms. The summed E-state index contributed by atoms with van der Waals surface area (Å²) in [6, 6.07) is 4.48. The number of nitrogens with one attached hydrogen (secondary N) is 2. The first kappa shape index (κ1) is 15.8. The standard InChI is InChI=1S/C15H27N3O/c1-12(2)7-8-16-15(19)11-18-9-5-6-14(18)10-17-13(3)4/h5-6,9,12-13,17H,7-8,10-11H2,1-4H3,(H,16,19). The van der Waals surface area contributed by atoms with E-state index in [2.05, 4.69) is 44.4 Å². The summed E-state index contributed by atoms with van der Waals surface area (Å²) in [5, 5.41) is 6.33. The Morgan fingerprint density at radius 1 is 1.32 bits per heavy atom. The highest BCUT2D eigenvalue weighted by Gasteiger charge is 2.06. The maximum absolute atomic E-state index is 11.8. The van der Waals surface area contributed by atoms with Gasteiger partial charge in [-0.3, -0.25) is 4.79 Å². The summed E-state index contributed by atoms with van der Waals surface area (Å²) in [5.74, 6) is 0.709. The maximum Gasteiger partial charge on any atom is 0.239 e. The van der Waals surface area contributed by atoms with E-state index in [-0.39, 0.29) is 5.91 Å². The van der Waals surface area contributed by atoms with Gasteiger partial charge >= 0.3 is 0 Å². The van der Waals surface area contributed by atoms with Crippen molar-refractivity contribution in [3.8, 4) is 0 Å². The molecule has 4 heteroatoms.